The highest BCUT2D eigenvalue weighted by Crippen LogP contribution is 2.33. The Kier molecular flexibility index (Phi) is 4.28. The van der Waals surface area contributed by atoms with Gasteiger partial charge in [-0.3, -0.25) is 4.79 Å². The van der Waals surface area contributed by atoms with Crippen molar-refractivity contribution in [1.29, 1.82) is 5.26 Å². The number of halogens is 1. The quantitative estimate of drug-likeness (QED) is 0.661. The Bertz CT molecular complexity index is 989. The average Bonchev–Trinajstić information content (AvgIpc) is 2.91. The van der Waals surface area contributed by atoms with E-state index < -0.39 is 0 Å². The zero-order valence-electron chi connectivity index (χ0n) is 14.2. The van der Waals surface area contributed by atoms with Crippen molar-refractivity contribution in [3.63, 3.8) is 0 Å². The molecule has 1 N–H and O–H groups in total. The van der Waals surface area contributed by atoms with Crippen molar-refractivity contribution < 1.29 is 9.21 Å². The molecule has 4 nitrogen and oxygen atoms in total. The van der Waals surface area contributed by atoms with Gasteiger partial charge in [0.05, 0.1) is 0 Å². The van der Waals surface area contributed by atoms with Crippen LogP contribution in [0.15, 0.2) is 46.9 Å². The number of benzene rings is 2. The van der Waals surface area contributed by atoms with Gasteiger partial charge in [0.25, 0.3) is 5.91 Å². The minimum Gasteiger partial charge on any atom is -0.443 e. The molecule has 0 bridgehead atoms. The van der Waals surface area contributed by atoms with Gasteiger partial charge in [0.15, 0.2) is 0 Å². The van der Waals surface area contributed by atoms with Gasteiger partial charge in [-0.25, -0.2) is 0 Å². The predicted molar refractivity (Wildman–Crippen MR) is 99.0 cm³/mol. The van der Waals surface area contributed by atoms with Crippen LogP contribution in [0.25, 0.3) is 11.0 Å². The number of nitrogens with one attached hydrogen (secondary N) is 1. The maximum atomic E-state index is 12.6. The van der Waals surface area contributed by atoms with Gasteiger partial charge >= 0.3 is 0 Å². The number of carbonyl (C=O) groups is 1. The predicted octanol–water partition coefficient (Wildman–Crippen LogP) is 5.51. The molecule has 0 radical (unpaired) electrons. The summed E-state index contributed by atoms with van der Waals surface area (Å²) in [5.74, 6) is -0.253. The topological polar surface area (TPSA) is 66.0 Å². The maximum Gasteiger partial charge on any atom is 0.255 e. The molecule has 0 aliphatic rings. The number of amides is 1. The number of anilines is 1. The van der Waals surface area contributed by atoms with Crippen LogP contribution in [0.5, 0.6) is 0 Å². The number of furan rings is 1. The van der Waals surface area contributed by atoms with Crippen molar-refractivity contribution in [3.05, 3.63) is 64.4 Å². The average molecular weight is 353 g/mol. The number of fused-ring (bicyclic) bond motifs is 1. The fourth-order valence-corrected chi connectivity index (χ4v) is 2.75. The number of nitriles is 1. The van der Waals surface area contributed by atoms with E-state index in [1.165, 1.54) is 0 Å². The number of hydrogen-bond donors (Lipinski definition) is 1. The van der Waals surface area contributed by atoms with E-state index in [0.717, 1.165) is 5.56 Å². The third-order valence-electron chi connectivity index (χ3n) is 4.00. The molecule has 1 amide bonds. The highest BCUT2D eigenvalue weighted by atomic mass is 35.5. The van der Waals surface area contributed by atoms with Crippen LogP contribution in [0.4, 0.5) is 5.69 Å². The van der Waals surface area contributed by atoms with Gasteiger partial charge in [0, 0.05) is 16.0 Å². The number of nitrogens with zero attached hydrogens (tertiary/aromatic N) is 1. The first-order chi connectivity index (χ1) is 11.8. The second-order valence-electron chi connectivity index (χ2n) is 6.84. The fourth-order valence-electron chi connectivity index (χ4n) is 2.58. The van der Waals surface area contributed by atoms with Crippen LogP contribution >= 0.6 is 11.6 Å². The molecular formula is C20H17ClN2O2. The zero-order valence-corrected chi connectivity index (χ0v) is 14.9. The monoisotopic (exact) mass is 352 g/mol. The SMILES string of the molecule is CC(C)(C)c1ccc(C(=O)Nc2c(C#N)oc3ccc(Cl)cc23)cc1. The van der Waals surface area contributed by atoms with Gasteiger partial charge in [0.1, 0.15) is 17.3 Å². The molecule has 0 saturated carbocycles. The highest BCUT2D eigenvalue weighted by Gasteiger charge is 2.19. The van der Waals surface area contributed by atoms with Gasteiger partial charge in [-0.05, 0) is 41.3 Å². The van der Waals surface area contributed by atoms with Crippen LogP contribution in [0.3, 0.4) is 0 Å². The number of carbonyl (C=O) groups excluding carboxylic acids is 1. The largest absolute Gasteiger partial charge is 0.443 e. The molecule has 0 aliphatic carbocycles. The van der Waals surface area contributed by atoms with E-state index in [9.17, 15) is 10.1 Å². The summed E-state index contributed by atoms with van der Waals surface area (Å²) in [6, 6.07) is 14.4. The van der Waals surface area contributed by atoms with E-state index in [1.54, 1.807) is 30.3 Å². The molecule has 0 saturated heterocycles. The lowest BCUT2D eigenvalue weighted by Gasteiger charge is -2.19. The van der Waals surface area contributed by atoms with Crippen molar-refractivity contribution in [1.82, 2.24) is 0 Å². The van der Waals surface area contributed by atoms with E-state index in [-0.39, 0.29) is 17.1 Å². The Morgan fingerprint density at radius 1 is 1.16 bits per heavy atom. The first-order valence-electron chi connectivity index (χ1n) is 7.83. The van der Waals surface area contributed by atoms with Crippen molar-refractivity contribution in [2.45, 2.75) is 26.2 Å². The number of hydrogen-bond acceptors (Lipinski definition) is 3. The third kappa shape index (κ3) is 3.38. The highest BCUT2D eigenvalue weighted by molar-refractivity contribution is 6.31. The van der Waals surface area contributed by atoms with E-state index in [2.05, 4.69) is 26.1 Å². The lowest BCUT2D eigenvalue weighted by Crippen LogP contribution is -2.14. The van der Waals surface area contributed by atoms with Gasteiger partial charge in [-0.15, -0.1) is 0 Å². The molecule has 1 heterocycles. The standard InChI is InChI=1S/C20H17ClN2O2/c1-20(2,3)13-6-4-12(5-7-13)19(24)23-18-15-10-14(21)8-9-16(15)25-17(18)11-22/h4-10H,1-3H3,(H,23,24). The van der Waals surface area contributed by atoms with Crippen molar-refractivity contribution >= 4 is 34.2 Å². The third-order valence-corrected chi connectivity index (χ3v) is 4.24. The van der Waals surface area contributed by atoms with Crippen LogP contribution in [-0.4, -0.2) is 5.91 Å². The van der Waals surface area contributed by atoms with Crippen LogP contribution in [0.1, 0.15) is 42.5 Å². The molecule has 0 aliphatic heterocycles. The smallest absolute Gasteiger partial charge is 0.255 e. The van der Waals surface area contributed by atoms with E-state index in [0.29, 0.717) is 27.2 Å². The Morgan fingerprint density at radius 2 is 1.84 bits per heavy atom. The molecule has 25 heavy (non-hydrogen) atoms. The second-order valence-corrected chi connectivity index (χ2v) is 7.28. The normalized spacial score (nSPS) is 11.3. The summed E-state index contributed by atoms with van der Waals surface area (Å²) in [5, 5.41) is 13.1. The summed E-state index contributed by atoms with van der Waals surface area (Å²) in [6.07, 6.45) is 0. The first-order valence-corrected chi connectivity index (χ1v) is 8.21. The van der Waals surface area contributed by atoms with E-state index in [1.807, 2.05) is 18.2 Å². The summed E-state index contributed by atoms with van der Waals surface area (Å²) in [4.78, 5) is 12.6. The molecule has 0 spiro atoms. The Balaban J connectivity index is 1.94. The first kappa shape index (κ1) is 17.1. The maximum absolute atomic E-state index is 12.6. The van der Waals surface area contributed by atoms with Crippen molar-refractivity contribution in [3.8, 4) is 6.07 Å². The molecule has 5 heteroatoms. The van der Waals surface area contributed by atoms with Gasteiger partial charge in [-0.2, -0.15) is 5.26 Å². The van der Waals surface area contributed by atoms with Crippen LogP contribution in [0, 0.1) is 11.3 Å². The zero-order chi connectivity index (χ0) is 18.2. The van der Waals surface area contributed by atoms with Gasteiger partial charge in [-0.1, -0.05) is 44.5 Å². The molecule has 3 aromatic rings. The molecule has 126 valence electrons. The van der Waals surface area contributed by atoms with Gasteiger partial charge < -0.3 is 9.73 Å². The molecule has 0 atom stereocenters. The Morgan fingerprint density at radius 3 is 2.44 bits per heavy atom. The summed E-state index contributed by atoms with van der Waals surface area (Å²) >= 11 is 6.02. The molecule has 0 fully saturated rings. The van der Waals surface area contributed by atoms with Crippen LogP contribution in [0.2, 0.25) is 5.02 Å². The fraction of sp³-hybridized carbons (Fsp3) is 0.200. The molecule has 1 aromatic heterocycles. The Labute approximate surface area is 151 Å². The minimum atomic E-state index is -0.306. The summed E-state index contributed by atoms with van der Waals surface area (Å²) < 4.78 is 5.47. The van der Waals surface area contributed by atoms with E-state index in [4.69, 9.17) is 16.0 Å². The molecule has 3 rings (SSSR count). The second kappa shape index (κ2) is 6.27. The van der Waals surface area contributed by atoms with Crippen LogP contribution in [-0.2, 0) is 5.41 Å². The van der Waals surface area contributed by atoms with Crippen LogP contribution < -0.4 is 5.32 Å². The lowest BCUT2D eigenvalue weighted by molar-refractivity contribution is 0.102. The van der Waals surface area contributed by atoms with Crippen molar-refractivity contribution in [2.75, 3.05) is 5.32 Å². The van der Waals surface area contributed by atoms with Gasteiger partial charge in [0.2, 0.25) is 5.76 Å². The number of rotatable bonds is 2. The molecular weight excluding hydrogens is 336 g/mol. The molecule has 2 aromatic carbocycles. The minimum absolute atomic E-state index is 0.0144. The molecule has 0 unspecified atom stereocenters. The van der Waals surface area contributed by atoms with Crippen molar-refractivity contribution in [2.24, 2.45) is 0 Å². The summed E-state index contributed by atoms with van der Waals surface area (Å²) in [6.45, 7) is 6.34. The summed E-state index contributed by atoms with van der Waals surface area (Å²) in [7, 11) is 0. The lowest BCUT2D eigenvalue weighted by atomic mass is 9.87. The summed E-state index contributed by atoms with van der Waals surface area (Å²) in [5.41, 5.74) is 2.50. The van der Waals surface area contributed by atoms with E-state index >= 15 is 0 Å². The Hall–Kier alpha value is -2.77.